The summed E-state index contributed by atoms with van der Waals surface area (Å²) in [5.74, 6) is 0.241. The Kier molecular flexibility index (Phi) is 3.62. The summed E-state index contributed by atoms with van der Waals surface area (Å²) in [5.41, 5.74) is 1.73. The molecule has 0 radical (unpaired) electrons. The van der Waals surface area contributed by atoms with Gasteiger partial charge in [0.25, 0.3) is 0 Å². The van der Waals surface area contributed by atoms with Crippen LogP contribution in [0.25, 0.3) is 0 Å². The van der Waals surface area contributed by atoms with Crippen LogP contribution in [0.15, 0.2) is 18.2 Å². The number of carbonyl (C=O) groups is 1. The fourth-order valence-electron chi connectivity index (χ4n) is 2.01. The minimum Gasteiger partial charge on any atom is -0.381 e. The topological polar surface area (TPSA) is 26.3 Å². The maximum atomic E-state index is 12.2. The second-order valence-corrected chi connectivity index (χ2v) is 4.64. The highest BCUT2D eigenvalue weighted by molar-refractivity contribution is 6.34. The third-order valence-corrected chi connectivity index (χ3v) is 3.31. The van der Waals surface area contributed by atoms with Crippen LogP contribution in [0, 0.1) is 12.8 Å². The Labute approximate surface area is 101 Å². The van der Waals surface area contributed by atoms with Gasteiger partial charge in [0, 0.05) is 24.7 Å². The van der Waals surface area contributed by atoms with Crippen LogP contribution in [-0.2, 0) is 4.74 Å². The van der Waals surface area contributed by atoms with Crippen molar-refractivity contribution >= 4 is 17.4 Å². The first kappa shape index (κ1) is 11.6. The third kappa shape index (κ3) is 2.45. The Morgan fingerprint density at radius 2 is 2.06 bits per heavy atom. The summed E-state index contributed by atoms with van der Waals surface area (Å²) in [6.07, 6.45) is 1.62. The maximum Gasteiger partial charge on any atom is 0.167 e. The zero-order valence-electron chi connectivity index (χ0n) is 9.33. The van der Waals surface area contributed by atoms with Gasteiger partial charge in [-0.05, 0) is 31.9 Å². The fourth-order valence-corrected chi connectivity index (χ4v) is 2.22. The molecule has 86 valence electrons. The van der Waals surface area contributed by atoms with Crippen LogP contribution in [0.4, 0.5) is 0 Å². The van der Waals surface area contributed by atoms with Crippen molar-refractivity contribution in [3.05, 3.63) is 34.3 Å². The largest absolute Gasteiger partial charge is 0.381 e. The molecule has 0 N–H and O–H groups in total. The first-order valence-corrected chi connectivity index (χ1v) is 5.94. The molecule has 0 bridgehead atoms. The number of halogens is 1. The molecule has 1 aromatic carbocycles. The first-order chi connectivity index (χ1) is 7.68. The summed E-state index contributed by atoms with van der Waals surface area (Å²) >= 11 is 6.06. The van der Waals surface area contributed by atoms with E-state index in [9.17, 15) is 4.79 Å². The molecular formula is C13H15ClO2. The monoisotopic (exact) mass is 238 g/mol. The molecule has 0 aliphatic carbocycles. The van der Waals surface area contributed by atoms with Crippen LogP contribution in [0.3, 0.4) is 0 Å². The van der Waals surface area contributed by atoms with Crippen molar-refractivity contribution in [2.45, 2.75) is 19.8 Å². The molecule has 0 unspecified atom stereocenters. The van der Waals surface area contributed by atoms with E-state index in [4.69, 9.17) is 16.3 Å². The summed E-state index contributed by atoms with van der Waals surface area (Å²) in [7, 11) is 0. The van der Waals surface area contributed by atoms with Gasteiger partial charge in [-0.25, -0.2) is 0 Å². The van der Waals surface area contributed by atoms with E-state index in [1.54, 1.807) is 6.07 Å². The van der Waals surface area contributed by atoms with Crippen LogP contribution in [0.5, 0.6) is 0 Å². The van der Waals surface area contributed by atoms with Gasteiger partial charge in [-0.3, -0.25) is 4.79 Å². The zero-order chi connectivity index (χ0) is 11.5. The highest BCUT2D eigenvalue weighted by atomic mass is 35.5. The molecule has 2 rings (SSSR count). The number of Topliss-reactive ketones (excluding diaryl/α,β-unsaturated/α-hetero) is 1. The van der Waals surface area contributed by atoms with Gasteiger partial charge in [-0.1, -0.05) is 23.2 Å². The second kappa shape index (κ2) is 4.98. The molecule has 0 spiro atoms. The molecule has 1 fully saturated rings. The summed E-state index contributed by atoms with van der Waals surface area (Å²) in [5, 5.41) is 0.557. The smallest absolute Gasteiger partial charge is 0.167 e. The van der Waals surface area contributed by atoms with Gasteiger partial charge in [0.05, 0.1) is 5.02 Å². The predicted molar refractivity (Wildman–Crippen MR) is 64.1 cm³/mol. The van der Waals surface area contributed by atoms with E-state index in [0.717, 1.165) is 18.4 Å². The quantitative estimate of drug-likeness (QED) is 0.740. The summed E-state index contributed by atoms with van der Waals surface area (Å²) in [6.45, 7) is 3.33. The average Bonchev–Trinajstić information content (AvgIpc) is 2.32. The van der Waals surface area contributed by atoms with E-state index < -0.39 is 0 Å². The molecule has 0 saturated carbocycles. The molecule has 1 aromatic rings. The van der Waals surface area contributed by atoms with E-state index in [1.807, 2.05) is 19.1 Å². The van der Waals surface area contributed by atoms with Crippen LogP contribution in [0.2, 0.25) is 5.02 Å². The molecule has 1 saturated heterocycles. The van der Waals surface area contributed by atoms with Crippen LogP contribution < -0.4 is 0 Å². The van der Waals surface area contributed by atoms with Crippen molar-refractivity contribution in [2.75, 3.05) is 13.2 Å². The van der Waals surface area contributed by atoms with E-state index in [0.29, 0.717) is 23.8 Å². The van der Waals surface area contributed by atoms with Gasteiger partial charge < -0.3 is 4.74 Å². The molecule has 0 aromatic heterocycles. The number of carbonyl (C=O) groups excluding carboxylic acids is 1. The van der Waals surface area contributed by atoms with Crippen LogP contribution in [-0.4, -0.2) is 19.0 Å². The number of aryl methyl sites for hydroxylation is 1. The lowest BCUT2D eigenvalue weighted by atomic mass is 9.90. The van der Waals surface area contributed by atoms with Gasteiger partial charge in [-0.15, -0.1) is 0 Å². The lowest BCUT2D eigenvalue weighted by molar-refractivity contribution is 0.0545. The highest BCUT2D eigenvalue weighted by Crippen LogP contribution is 2.25. The lowest BCUT2D eigenvalue weighted by Crippen LogP contribution is -2.23. The van der Waals surface area contributed by atoms with E-state index in [2.05, 4.69) is 0 Å². The Hall–Kier alpha value is -0.860. The van der Waals surface area contributed by atoms with Crippen molar-refractivity contribution in [2.24, 2.45) is 5.92 Å². The van der Waals surface area contributed by atoms with E-state index in [-0.39, 0.29) is 11.7 Å². The number of ether oxygens (including phenoxy) is 1. The Morgan fingerprint density at radius 1 is 1.38 bits per heavy atom. The normalized spacial score (nSPS) is 17.4. The fraction of sp³-hybridized carbons (Fsp3) is 0.462. The lowest BCUT2D eigenvalue weighted by Gasteiger charge is -2.21. The molecule has 1 heterocycles. The molecule has 2 nitrogen and oxygen atoms in total. The minimum atomic E-state index is 0.0769. The highest BCUT2D eigenvalue weighted by Gasteiger charge is 2.24. The molecule has 16 heavy (non-hydrogen) atoms. The summed E-state index contributed by atoms with van der Waals surface area (Å²) in [4.78, 5) is 12.2. The Balaban J connectivity index is 2.22. The SMILES string of the molecule is Cc1ccc(Cl)c(C(=O)C2CCOCC2)c1. The van der Waals surface area contributed by atoms with Crippen molar-refractivity contribution in [3.63, 3.8) is 0 Å². The summed E-state index contributed by atoms with van der Waals surface area (Å²) < 4.78 is 5.25. The van der Waals surface area contributed by atoms with Crippen molar-refractivity contribution in [1.29, 1.82) is 0 Å². The zero-order valence-corrected chi connectivity index (χ0v) is 10.1. The summed E-state index contributed by atoms with van der Waals surface area (Å²) in [6, 6.07) is 5.59. The van der Waals surface area contributed by atoms with Crippen molar-refractivity contribution < 1.29 is 9.53 Å². The molecule has 0 atom stereocenters. The van der Waals surface area contributed by atoms with Gasteiger partial charge in [0.1, 0.15) is 0 Å². The van der Waals surface area contributed by atoms with Gasteiger partial charge in [0.2, 0.25) is 0 Å². The molecule has 3 heteroatoms. The van der Waals surface area contributed by atoms with E-state index in [1.165, 1.54) is 0 Å². The first-order valence-electron chi connectivity index (χ1n) is 5.56. The number of ketones is 1. The van der Waals surface area contributed by atoms with Crippen LogP contribution >= 0.6 is 11.6 Å². The number of hydrogen-bond donors (Lipinski definition) is 0. The minimum absolute atomic E-state index is 0.0769. The second-order valence-electron chi connectivity index (χ2n) is 4.23. The number of benzene rings is 1. The van der Waals surface area contributed by atoms with Crippen molar-refractivity contribution in [1.82, 2.24) is 0 Å². The Bertz CT molecular complexity index is 395. The van der Waals surface area contributed by atoms with Gasteiger partial charge in [0.15, 0.2) is 5.78 Å². The van der Waals surface area contributed by atoms with E-state index >= 15 is 0 Å². The van der Waals surface area contributed by atoms with Crippen molar-refractivity contribution in [3.8, 4) is 0 Å². The Morgan fingerprint density at radius 3 is 2.75 bits per heavy atom. The van der Waals surface area contributed by atoms with Crippen LogP contribution in [0.1, 0.15) is 28.8 Å². The van der Waals surface area contributed by atoms with Gasteiger partial charge in [-0.2, -0.15) is 0 Å². The molecule has 0 amide bonds. The molecular weight excluding hydrogens is 224 g/mol. The average molecular weight is 239 g/mol. The molecule has 1 aliphatic heterocycles. The predicted octanol–water partition coefficient (Wildman–Crippen LogP) is 3.26. The third-order valence-electron chi connectivity index (χ3n) is 2.98. The number of rotatable bonds is 2. The maximum absolute atomic E-state index is 12.2. The number of hydrogen-bond acceptors (Lipinski definition) is 2. The molecule has 1 aliphatic rings. The standard InChI is InChI=1S/C13H15ClO2/c1-9-2-3-12(14)11(8-9)13(15)10-4-6-16-7-5-10/h2-3,8,10H,4-7H2,1H3. The van der Waals surface area contributed by atoms with Gasteiger partial charge >= 0.3 is 0 Å².